The third kappa shape index (κ3) is 4.97. The van der Waals surface area contributed by atoms with E-state index in [2.05, 4.69) is 10.3 Å². The number of carbonyl (C=O) groups is 1. The van der Waals surface area contributed by atoms with Crippen LogP contribution in [0.3, 0.4) is 0 Å². The molecule has 0 aliphatic heterocycles. The highest BCUT2D eigenvalue weighted by atomic mass is 35.5. The number of nitro groups is 1. The van der Waals surface area contributed by atoms with E-state index in [1.165, 1.54) is 27.9 Å². The first-order valence-corrected chi connectivity index (χ1v) is 7.36. The first kappa shape index (κ1) is 20.5. The molecule has 10 heteroatoms. The van der Waals surface area contributed by atoms with Crippen LogP contribution >= 0.6 is 12.4 Å². The number of nitro benzene ring substituents is 1. The van der Waals surface area contributed by atoms with Gasteiger partial charge < -0.3 is 10.6 Å². The standard InChI is InChI=1S/C15H20N6O3.ClH/c1-15(2,9-16)10-19(3)14(22)13-8-20(18-17-13)11-5-4-6-12(7-11)21(23)24;/h4-8H,9-10,16H2,1-3H3;1H. The minimum atomic E-state index is -0.491. The van der Waals surface area contributed by atoms with Crippen LogP contribution < -0.4 is 5.73 Å². The highest BCUT2D eigenvalue weighted by Gasteiger charge is 2.23. The number of hydrogen-bond donors (Lipinski definition) is 1. The summed E-state index contributed by atoms with van der Waals surface area (Å²) in [5.41, 5.74) is 6.04. The molecule has 1 heterocycles. The lowest BCUT2D eigenvalue weighted by atomic mass is 9.93. The summed E-state index contributed by atoms with van der Waals surface area (Å²) in [5.74, 6) is -0.284. The second kappa shape index (κ2) is 8.04. The van der Waals surface area contributed by atoms with E-state index in [1.54, 1.807) is 19.2 Å². The molecule has 0 saturated heterocycles. The minimum absolute atomic E-state index is 0. The van der Waals surface area contributed by atoms with E-state index in [0.29, 0.717) is 18.8 Å². The van der Waals surface area contributed by atoms with Crippen LogP contribution in [0.15, 0.2) is 30.5 Å². The van der Waals surface area contributed by atoms with Crippen LogP contribution in [0.1, 0.15) is 24.3 Å². The van der Waals surface area contributed by atoms with Gasteiger partial charge in [-0.1, -0.05) is 25.1 Å². The SMILES string of the molecule is CN(CC(C)(C)CN)C(=O)c1cn(-c2cccc([N+](=O)[O-])c2)nn1.Cl. The summed E-state index contributed by atoms with van der Waals surface area (Å²) in [6.07, 6.45) is 1.45. The number of rotatable bonds is 6. The van der Waals surface area contributed by atoms with Crippen molar-refractivity contribution in [2.75, 3.05) is 20.1 Å². The van der Waals surface area contributed by atoms with Crippen molar-refractivity contribution >= 4 is 24.0 Å². The van der Waals surface area contributed by atoms with E-state index in [4.69, 9.17) is 5.73 Å². The lowest BCUT2D eigenvalue weighted by Gasteiger charge is -2.28. The van der Waals surface area contributed by atoms with Gasteiger partial charge in [0.15, 0.2) is 5.69 Å². The number of aromatic nitrogens is 3. The summed E-state index contributed by atoms with van der Waals surface area (Å²) in [4.78, 5) is 24.3. The van der Waals surface area contributed by atoms with Crippen molar-refractivity contribution in [3.05, 3.63) is 46.3 Å². The number of amides is 1. The van der Waals surface area contributed by atoms with Gasteiger partial charge in [-0.05, 0) is 18.0 Å². The second-order valence-corrected chi connectivity index (χ2v) is 6.35. The summed E-state index contributed by atoms with van der Waals surface area (Å²) in [7, 11) is 1.67. The highest BCUT2D eigenvalue weighted by molar-refractivity contribution is 5.91. The fourth-order valence-corrected chi connectivity index (χ4v) is 2.21. The Bertz CT molecular complexity index is 761. The molecule has 2 N–H and O–H groups in total. The maximum atomic E-state index is 12.4. The molecule has 0 unspecified atom stereocenters. The van der Waals surface area contributed by atoms with Crippen molar-refractivity contribution < 1.29 is 9.72 Å². The van der Waals surface area contributed by atoms with Gasteiger partial charge in [-0.25, -0.2) is 4.68 Å². The topological polar surface area (TPSA) is 120 Å². The molecule has 2 rings (SSSR count). The van der Waals surface area contributed by atoms with Crippen molar-refractivity contribution in [1.82, 2.24) is 19.9 Å². The van der Waals surface area contributed by atoms with E-state index in [-0.39, 0.29) is 35.1 Å². The summed E-state index contributed by atoms with van der Waals surface area (Å²) in [6, 6.07) is 5.95. The molecule has 9 nitrogen and oxygen atoms in total. The van der Waals surface area contributed by atoms with Gasteiger partial charge in [-0.3, -0.25) is 14.9 Å². The Balaban J connectivity index is 0.00000312. The predicted molar refractivity (Wildman–Crippen MR) is 95.1 cm³/mol. The van der Waals surface area contributed by atoms with Gasteiger partial charge in [0.05, 0.1) is 16.8 Å². The molecule has 1 aromatic carbocycles. The number of halogens is 1. The van der Waals surface area contributed by atoms with Crippen molar-refractivity contribution in [2.24, 2.45) is 11.1 Å². The first-order valence-electron chi connectivity index (χ1n) is 7.36. The van der Waals surface area contributed by atoms with Crippen LogP contribution in [0.2, 0.25) is 0 Å². The van der Waals surface area contributed by atoms with E-state index < -0.39 is 4.92 Å². The van der Waals surface area contributed by atoms with Crippen molar-refractivity contribution in [1.29, 1.82) is 0 Å². The molecule has 0 fully saturated rings. The van der Waals surface area contributed by atoms with Gasteiger partial charge in [0.2, 0.25) is 0 Å². The molecule has 136 valence electrons. The number of hydrogen-bond acceptors (Lipinski definition) is 6. The maximum absolute atomic E-state index is 12.4. The lowest BCUT2D eigenvalue weighted by molar-refractivity contribution is -0.384. The zero-order valence-corrected chi connectivity index (χ0v) is 15.1. The van der Waals surface area contributed by atoms with Crippen LogP contribution in [0.4, 0.5) is 5.69 Å². The summed E-state index contributed by atoms with van der Waals surface area (Å²) in [5, 5.41) is 18.6. The largest absolute Gasteiger partial charge is 0.340 e. The van der Waals surface area contributed by atoms with Gasteiger partial charge in [0.25, 0.3) is 11.6 Å². The first-order chi connectivity index (χ1) is 11.2. The quantitative estimate of drug-likeness (QED) is 0.611. The van der Waals surface area contributed by atoms with Crippen molar-refractivity contribution in [2.45, 2.75) is 13.8 Å². The molecule has 0 spiro atoms. The smallest absolute Gasteiger partial charge is 0.275 e. The lowest BCUT2D eigenvalue weighted by Crippen LogP contribution is -2.39. The van der Waals surface area contributed by atoms with Gasteiger partial charge in [0.1, 0.15) is 0 Å². The highest BCUT2D eigenvalue weighted by Crippen LogP contribution is 2.17. The molecule has 0 aliphatic rings. The molecule has 0 atom stereocenters. The van der Waals surface area contributed by atoms with E-state index in [9.17, 15) is 14.9 Å². The van der Waals surface area contributed by atoms with Crippen LogP contribution in [0, 0.1) is 15.5 Å². The number of nitrogens with two attached hydrogens (primary N) is 1. The molecule has 1 aromatic heterocycles. The number of nitrogens with zero attached hydrogens (tertiary/aromatic N) is 5. The number of non-ortho nitro benzene ring substituents is 1. The average Bonchev–Trinajstić information content (AvgIpc) is 3.03. The molecule has 0 radical (unpaired) electrons. The molecule has 1 amide bonds. The zero-order chi connectivity index (χ0) is 17.9. The van der Waals surface area contributed by atoms with Crippen molar-refractivity contribution in [3.63, 3.8) is 0 Å². The fraction of sp³-hybridized carbons (Fsp3) is 0.400. The average molecular weight is 369 g/mol. The van der Waals surface area contributed by atoms with Crippen LogP contribution in [-0.4, -0.2) is 50.9 Å². The van der Waals surface area contributed by atoms with E-state index >= 15 is 0 Å². The Labute approximate surface area is 151 Å². The van der Waals surface area contributed by atoms with Crippen LogP contribution in [-0.2, 0) is 0 Å². The van der Waals surface area contributed by atoms with Crippen molar-refractivity contribution in [3.8, 4) is 5.69 Å². The van der Waals surface area contributed by atoms with Crippen LogP contribution in [0.25, 0.3) is 5.69 Å². The molecular formula is C15H21ClN6O3. The van der Waals surface area contributed by atoms with Gasteiger partial charge in [0, 0.05) is 25.7 Å². The maximum Gasteiger partial charge on any atom is 0.275 e. The van der Waals surface area contributed by atoms with Crippen LogP contribution in [0.5, 0.6) is 0 Å². The molecule has 0 aliphatic carbocycles. The summed E-state index contributed by atoms with van der Waals surface area (Å²) < 4.78 is 1.34. The third-order valence-corrected chi connectivity index (χ3v) is 3.58. The van der Waals surface area contributed by atoms with E-state index in [0.717, 1.165) is 0 Å². The molecule has 25 heavy (non-hydrogen) atoms. The molecule has 2 aromatic rings. The van der Waals surface area contributed by atoms with Gasteiger partial charge in [-0.15, -0.1) is 17.5 Å². The third-order valence-electron chi connectivity index (χ3n) is 3.58. The Morgan fingerprint density at radius 3 is 2.72 bits per heavy atom. The summed E-state index contributed by atoms with van der Waals surface area (Å²) in [6.45, 7) is 4.87. The Kier molecular flexibility index (Phi) is 6.60. The normalized spacial score (nSPS) is 10.9. The Hall–Kier alpha value is -2.52. The Morgan fingerprint density at radius 2 is 2.12 bits per heavy atom. The molecule has 0 bridgehead atoms. The summed E-state index contributed by atoms with van der Waals surface area (Å²) >= 11 is 0. The second-order valence-electron chi connectivity index (χ2n) is 6.35. The van der Waals surface area contributed by atoms with Gasteiger partial charge >= 0.3 is 0 Å². The fourth-order valence-electron chi connectivity index (χ4n) is 2.21. The van der Waals surface area contributed by atoms with Gasteiger partial charge in [-0.2, -0.15) is 0 Å². The monoisotopic (exact) mass is 368 g/mol. The van der Waals surface area contributed by atoms with E-state index in [1.807, 2.05) is 13.8 Å². The molecule has 0 saturated carbocycles. The number of carbonyl (C=O) groups excluding carboxylic acids is 1. The predicted octanol–water partition coefficient (Wildman–Crippen LogP) is 1.65. The number of benzene rings is 1. The zero-order valence-electron chi connectivity index (χ0n) is 14.2. The molecular weight excluding hydrogens is 348 g/mol. The Morgan fingerprint density at radius 1 is 1.44 bits per heavy atom. The minimum Gasteiger partial charge on any atom is -0.340 e.